The van der Waals surface area contributed by atoms with Crippen LogP contribution in [0.5, 0.6) is 0 Å². The number of hydrogen-bond acceptors (Lipinski definition) is 4. The summed E-state index contributed by atoms with van der Waals surface area (Å²) in [6, 6.07) is 1.78. The fraction of sp³-hybridized carbons (Fsp3) is 0.636. The first kappa shape index (κ1) is 13.0. The van der Waals surface area contributed by atoms with Crippen molar-refractivity contribution >= 4 is 21.4 Å². The first-order chi connectivity index (χ1) is 8.05. The second kappa shape index (κ2) is 5.06. The molecule has 1 fully saturated rings. The molecule has 0 bridgehead atoms. The third-order valence-corrected chi connectivity index (χ3v) is 6.12. The quantitative estimate of drug-likeness (QED) is 0.834. The zero-order valence-corrected chi connectivity index (χ0v) is 11.8. The summed E-state index contributed by atoms with van der Waals surface area (Å²) in [5.74, 6) is 0. The molecule has 0 N–H and O–H groups in total. The van der Waals surface area contributed by atoms with Gasteiger partial charge in [0.2, 0.25) is 10.0 Å². The standard InChI is InChI=1S/C11H18N2O2S2/c1-3-13-6-4-10(8-13)12(2)17(14,15)11-5-7-16-9-11/h5,7,9-10H,3-4,6,8H2,1-2H3. The van der Waals surface area contributed by atoms with Crippen LogP contribution in [0.4, 0.5) is 0 Å². The van der Waals surface area contributed by atoms with Gasteiger partial charge in [-0.15, -0.1) is 0 Å². The van der Waals surface area contributed by atoms with Crippen LogP contribution >= 0.6 is 11.3 Å². The number of likely N-dealkylation sites (tertiary alicyclic amines) is 1. The van der Waals surface area contributed by atoms with Crippen LogP contribution in [0, 0.1) is 0 Å². The van der Waals surface area contributed by atoms with Gasteiger partial charge in [0, 0.05) is 25.0 Å². The summed E-state index contributed by atoms with van der Waals surface area (Å²) in [7, 11) is -1.60. The highest BCUT2D eigenvalue weighted by Crippen LogP contribution is 2.23. The fourth-order valence-electron chi connectivity index (χ4n) is 2.16. The third-order valence-electron chi connectivity index (χ3n) is 3.38. The minimum atomic E-state index is -3.29. The second-order valence-electron chi connectivity index (χ2n) is 4.32. The third kappa shape index (κ3) is 2.54. The highest BCUT2D eigenvalue weighted by atomic mass is 32.2. The highest BCUT2D eigenvalue weighted by Gasteiger charge is 2.32. The molecule has 2 heterocycles. The van der Waals surface area contributed by atoms with E-state index in [0.29, 0.717) is 4.90 Å². The summed E-state index contributed by atoms with van der Waals surface area (Å²) in [5, 5.41) is 3.49. The Bertz CT molecular complexity index is 456. The summed E-state index contributed by atoms with van der Waals surface area (Å²) in [6.45, 7) is 4.93. The lowest BCUT2D eigenvalue weighted by Crippen LogP contribution is -2.38. The first-order valence-electron chi connectivity index (χ1n) is 5.78. The Morgan fingerprint density at radius 2 is 2.35 bits per heavy atom. The van der Waals surface area contributed by atoms with E-state index in [-0.39, 0.29) is 6.04 Å². The Morgan fingerprint density at radius 3 is 2.88 bits per heavy atom. The van der Waals surface area contributed by atoms with Gasteiger partial charge >= 0.3 is 0 Å². The van der Waals surface area contributed by atoms with Gasteiger partial charge in [-0.2, -0.15) is 15.6 Å². The van der Waals surface area contributed by atoms with Gasteiger partial charge in [0.1, 0.15) is 0 Å². The molecule has 1 aromatic rings. The van der Waals surface area contributed by atoms with Gasteiger partial charge in [-0.3, -0.25) is 0 Å². The number of hydrogen-bond donors (Lipinski definition) is 0. The molecule has 1 unspecified atom stereocenters. The first-order valence-corrected chi connectivity index (χ1v) is 8.16. The molecule has 0 aromatic carbocycles. The SMILES string of the molecule is CCN1CCC(N(C)S(=O)(=O)c2ccsc2)C1. The largest absolute Gasteiger partial charge is 0.302 e. The zero-order valence-electron chi connectivity index (χ0n) is 10.2. The molecule has 2 rings (SSSR count). The van der Waals surface area contributed by atoms with E-state index in [1.54, 1.807) is 23.9 Å². The van der Waals surface area contributed by atoms with Gasteiger partial charge in [-0.25, -0.2) is 8.42 Å². The summed E-state index contributed by atoms with van der Waals surface area (Å²) in [5.41, 5.74) is 0. The van der Waals surface area contributed by atoms with Crippen molar-refractivity contribution in [2.75, 3.05) is 26.7 Å². The minimum Gasteiger partial charge on any atom is -0.302 e. The molecule has 1 aliphatic heterocycles. The summed E-state index contributed by atoms with van der Waals surface area (Å²) >= 11 is 1.42. The van der Waals surface area contributed by atoms with E-state index in [4.69, 9.17) is 0 Å². The molecule has 1 saturated heterocycles. The zero-order chi connectivity index (χ0) is 12.5. The molecular weight excluding hydrogens is 256 g/mol. The maximum atomic E-state index is 12.3. The van der Waals surface area contributed by atoms with Crippen molar-refractivity contribution in [3.63, 3.8) is 0 Å². The van der Waals surface area contributed by atoms with Crippen molar-refractivity contribution in [2.45, 2.75) is 24.3 Å². The average molecular weight is 274 g/mol. The van der Waals surface area contributed by atoms with Crippen LogP contribution in [0.1, 0.15) is 13.3 Å². The predicted octanol–water partition coefficient (Wildman–Crippen LogP) is 1.46. The van der Waals surface area contributed by atoms with Crippen LogP contribution in [0.3, 0.4) is 0 Å². The van der Waals surface area contributed by atoms with Gasteiger partial charge in [0.15, 0.2) is 0 Å². The lowest BCUT2D eigenvalue weighted by molar-refractivity contribution is 0.316. The minimum absolute atomic E-state index is 0.111. The van der Waals surface area contributed by atoms with Crippen molar-refractivity contribution in [1.82, 2.24) is 9.21 Å². The monoisotopic (exact) mass is 274 g/mol. The number of rotatable bonds is 4. The van der Waals surface area contributed by atoms with E-state index in [2.05, 4.69) is 11.8 Å². The van der Waals surface area contributed by atoms with E-state index in [1.807, 2.05) is 0 Å². The van der Waals surface area contributed by atoms with Crippen molar-refractivity contribution in [3.8, 4) is 0 Å². The van der Waals surface area contributed by atoms with Gasteiger partial charge in [-0.05, 0) is 31.0 Å². The Balaban J connectivity index is 2.13. The van der Waals surface area contributed by atoms with E-state index in [1.165, 1.54) is 15.6 Å². The lowest BCUT2D eigenvalue weighted by Gasteiger charge is -2.23. The molecule has 1 atom stereocenters. The molecule has 4 nitrogen and oxygen atoms in total. The maximum absolute atomic E-state index is 12.3. The summed E-state index contributed by atoms with van der Waals surface area (Å²) in [4.78, 5) is 2.70. The fourth-order valence-corrected chi connectivity index (χ4v) is 4.55. The second-order valence-corrected chi connectivity index (χ2v) is 7.09. The van der Waals surface area contributed by atoms with E-state index in [9.17, 15) is 8.42 Å². The molecule has 0 radical (unpaired) electrons. The van der Waals surface area contributed by atoms with E-state index >= 15 is 0 Å². The molecule has 0 amide bonds. The van der Waals surface area contributed by atoms with E-state index in [0.717, 1.165) is 26.1 Å². The van der Waals surface area contributed by atoms with Crippen molar-refractivity contribution in [2.24, 2.45) is 0 Å². The van der Waals surface area contributed by atoms with Crippen LogP contribution in [-0.2, 0) is 10.0 Å². The number of nitrogens with zero attached hydrogens (tertiary/aromatic N) is 2. The average Bonchev–Trinajstić information content (AvgIpc) is 2.99. The van der Waals surface area contributed by atoms with Gasteiger partial charge in [0.25, 0.3) is 0 Å². The van der Waals surface area contributed by atoms with Crippen molar-refractivity contribution in [1.29, 1.82) is 0 Å². The molecule has 0 saturated carbocycles. The molecule has 0 aliphatic carbocycles. The topological polar surface area (TPSA) is 40.6 Å². The predicted molar refractivity (Wildman–Crippen MR) is 69.8 cm³/mol. The maximum Gasteiger partial charge on any atom is 0.243 e. The number of sulfonamides is 1. The number of thiophene rings is 1. The van der Waals surface area contributed by atoms with Crippen LogP contribution in [0.25, 0.3) is 0 Å². The van der Waals surface area contributed by atoms with Crippen LogP contribution < -0.4 is 0 Å². The molecular formula is C11H18N2O2S2. The van der Waals surface area contributed by atoms with E-state index < -0.39 is 10.0 Å². The highest BCUT2D eigenvalue weighted by molar-refractivity contribution is 7.89. The molecule has 1 aliphatic rings. The molecule has 1 aromatic heterocycles. The smallest absolute Gasteiger partial charge is 0.243 e. The Kier molecular flexibility index (Phi) is 3.87. The van der Waals surface area contributed by atoms with Gasteiger partial charge < -0.3 is 4.90 Å². The van der Waals surface area contributed by atoms with Gasteiger partial charge in [-0.1, -0.05) is 6.92 Å². The Labute approximate surface area is 107 Å². The molecule has 0 spiro atoms. The van der Waals surface area contributed by atoms with Crippen molar-refractivity contribution < 1.29 is 8.42 Å². The lowest BCUT2D eigenvalue weighted by atomic mass is 10.3. The van der Waals surface area contributed by atoms with Crippen LogP contribution in [0.15, 0.2) is 21.7 Å². The molecule has 96 valence electrons. The van der Waals surface area contributed by atoms with Crippen molar-refractivity contribution in [3.05, 3.63) is 16.8 Å². The Morgan fingerprint density at radius 1 is 1.59 bits per heavy atom. The normalized spacial score (nSPS) is 22.4. The van der Waals surface area contributed by atoms with Crippen LogP contribution in [-0.4, -0.2) is 50.3 Å². The summed E-state index contributed by atoms with van der Waals surface area (Å²) in [6.07, 6.45) is 0.924. The molecule has 17 heavy (non-hydrogen) atoms. The Hall–Kier alpha value is -0.430. The molecule has 6 heteroatoms. The summed E-state index contributed by atoms with van der Waals surface area (Å²) < 4.78 is 26.1. The van der Waals surface area contributed by atoms with Crippen LogP contribution in [0.2, 0.25) is 0 Å². The van der Waals surface area contributed by atoms with Gasteiger partial charge in [0.05, 0.1) is 4.90 Å². The number of likely N-dealkylation sites (N-methyl/N-ethyl adjacent to an activating group) is 2.